The Morgan fingerprint density at radius 3 is 1.70 bits per heavy atom. The van der Waals surface area contributed by atoms with Crippen LogP contribution in [0.1, 0.15) is 0 Å². The second-order valence-corrected chi connectivity index (χ2v) is 6.24. The average Bonchev–Trinajstić information content (AvgIpc) is 2.43. The van der Waals surface area contributed by atoms with Gasteiger partial charge in [0.2, 0.25) is 11.8 Å². The van der Waals surface area contributed by atoms with Crippen LogP contribution >= 0.6 is 23.5 Å². The highest BCUT2D eigenvalue weighted by Crippen LogP contribution is 2.01. The normalized spacial score (nSPS) is 22.2. The van der Waals surface area contributed by atoms with Gasteiger partial charge in [0.25, 0.3) is 0 Å². The van der Waals surface area contributed by atoms with Gasteiger partial charge in [0.15, 0.2) is 0 Å². The van der Waals surface area contributed by atoms with Gasteiger partial charge in [-0.05, 0) is 0 Å². The summed E-state index contributed by atoms with van der Waals surface area (Å²) >= 11 is 3.11. The summed E-state index contributed by atoms with van der Waals surface area (Å²) in [4.78, 5) is 22.9. The van der Waals surface area contributed by atoms with Crippen molar-refractivity contribution < 1.29 is 19.1 Å². The van der Waals surface area contributed by atoms with Gasteiger partial charge in [-0.15, -0.1) is 23.5 Å². The molecule has 0 bridgehead atoms. The van der Waals surface area contributed by atoms with E-state index in [0.29, 0.717) is 51.0 Å². The maximum absolute atomic E-state index is 11.4. The van der Waals surface area contributed by atoms with Gasteiger partial charge in [-0.2, -0.15) is 0 Å². The van der Waals surface area contributed by atoms with Crippen LogP contribution in [0.3, 0.4) is 0 Å². The zero-order chi connectivity index (χ0) is 14.5. The number of carbonyl (C=O) groups is 2. The highest BCUT2D eigenvalue weighted by atomic mass is 32.2. The van der Waals surface area contributed by atoms with E-state index in [1.165, 1.54) is 0 Å². The summed E-state index contributed by atoms with van der Waals surface area (Å²) < 4.78 is 10.7. The molecule has 20 heavy (non-hydrogen) atoms. The molecule has 6 nitrogen and oxygen atoms in total. The third kappa shape index (κ3) is 10.4. The Morgan fingerprint density at radius 1 is 0.750 bits per heavy atom. The van der Waals surface area contributed by atoms with Crippen molar-refractivity contribution in [3.63, 3.8) is 0 Å². The van der Waals surface area contributed by atoms with E-state index in [2.05, 4.69) is 10.6 Å². The van der Waals surface area contributed by atoms with E-state index in [9.17, 15) is 9.59 Å². The zero-order valence-electron chi connectivity index (χ0n) is 11.5. The molecule has 0 aromatic rings. The molecular formula is C12H22N2O4S2. The lowest BCUT2D eigenvalue weighted by molar-refractivity contribution is -0.119. The SMILES string of the molecule is O=C1CSCCOCCSCC(=O)NCCOCCN1. The van der Waals surface area contributed by atoms with E-state index in [1.807, 2.05) is 0 Å². The molecule has 0 spiro atoms. The van der Waals surface area contributed by atoms with Gasteiger partial charge < -0.3 is 20.1 Å². The molecule has 1 aliphatic rings. The third-order valence-corrected chi connectivity index (χ3v) is 4.19. The fraction of sp³-hybridized carbons (Fsp3) is 0.833. The molecule has 0 atom stereocenters. The fourth-order valence-electron chi connectivity index (χ4n) is 1.40. The summed E-state index contributed by atoms with van der Waals surface area (Å²) in [5.74, 6) is 2.54. The number of hydrogen-bond donors (Lipinski definition) is 2. The van der Waals surface area contributed by atoms with Crippen LogP contribution in [0, 0.1) is 0 Å². The first-order chi connectivity index (χ1) is 9.79. The molecule has 116 valence electrons. The minimum Gasteiger partial charge on any atom is -0.380 e. The molecule has 0 aromatic carbocycles. The van der Waals surface area contributed by atoms with Crippen molar-refractivity contribution in [2.45, 2.75) is 0 Å². The quantitative estimate of drug-likeness (QED) is 0.639. The van der Waals surface area contributed by atoms with E-state index in [-0.39, 0.29) is 11.8 Å². The van der Waals surface area contributed by atoms with Gasteiger partial charge in [0, 0.05) is 24.6 Å². The molecule has 1 fully saturated rings. The number of amides is 2. The first kappa shape index (κ1) is 17.6. The summed E-state index contributed by atoms with van der Waals surface area (Å²) in [6, 6.07) is 0. The van der Waals surface area contributed by atoms with E-state index < -0.39 is 0 Å². The fourth-order valence-corrected chi connectivity index (χ4v) is 2.73. The molecule has 1 heterocycles. The number of thioether (sulfide) groups is 2. The van der Waals surface area contributed by atoms with Crippen molar-refractivity contribution in [2.24, 2.45) is 0 Å². The molecule has 1 saturated heterocycles. The van der Waals surface area contributed by atoms with Crippen molar-refractivity contribution in [1.82, 2.24) is 10.6 Å². The van der Waals surface area contributed by atoms with Crippen LogP contribution in [0.4, 0.5) is 0 Å². The third-order valence-electron chi connectivity index (χ3n) is 2.35. The highest BCUT2D eigenvalue weighted by Gasteiger charge is 2.03. The standard InChI is InChI=1S/C12H22N2O4S2/c15-11-9-19-7-5-18-6-8-20-10-12(16)14-2-4-17-3-1-13-11/h1-10H2,(H,13,15)(H,14,16). The first-order valence-corrected chi connectivity index (χ1v) is 8.94. The van der Waals surface area contributed by atoms with Crippen LogP contribution in [0.2, 0.25) is 0 Å². The zero-order valence-corrected chi connectivity index (χ0v) is 13.2. The Labute approximate surface area is 128 Å². The van der Waals surface area contributed by atoms with Crippen LogP contribution in [0.25, 0.3) is 0 Å². The van der Waals surface area contributed by atoms with Gasteiger partial charge in [0.1, 0.15) is 0 Å². The summed E-state index contributed by atoms with van der Waals surface area (Å²) in [5, 5.41) is 5.56. The Morgan fingerprint density at radius 2 is 1.20 bits per heavy atom. The molecule has 0 saturated carbocycles. The van der Waals surface area contributed by atoms with E-state index in [4.69, 9.17) is 9.47 Å². The molecular weight excluding hydrogens is 300 g/mol. The molecule has 2 amide bonds. The Balaban J connectivity index is 2.19. The number of nitrogens with one attached hydrogen (secondary N) is 2. The van der Waals surface area contributed by atoms with Crippen molar-refractivity contribution >= 4 is 35.3 Å². The maximum Gasteiger partial charge on any atom is 0.230 e. The molecule has 0 aliphatic carbocycles. The average molecular weight is 322 g/mol. The minimum absolute atomic E-state index is 0.0172. The predicted octanol–water partition coefficient (Wildman–Crippen LogP) is -0.268. The molecule has 2 N–H and O–H groups in total. The monoisotopic (exact) mass is 322 g/mol. The van der Waals surface area contributed by atoms with E-state index in [0.717, 1.165) is 11.5 Å². The second-order valence-electron chi connectivity index (χ2n) is 4.03. The topological polar surface area (TPSA) is 76.7 Å². The molecule has 0 aromatic heterocycles. The molecule has 1 rings (SSSR count). The second kappa shape index (κ2) is 12.3. The number of carbonyl (C=O) groups excluding carboxylic acids is 2. The summed E-state index contributed by atoms with van der Waals surface area (Å²) in [6.07, 6.45) is 0. The van der Waals surface area contributed by atoms with Crippen LogP contribution in [-0.4, -0.2) is 74.3 Å². The van der Waals surface area contributed by atoms with Crippen LogP contribution in [-0.2, 0) is 19.1 Å². The molecule has 1 aliphatic heterocycles. The van der Waals surface area contributed by atoms with Crippen molar-refractivity contribution in [1.29, 1.82) is 0 Å². The predicted molar refractivity (Wildman–Crippen MR) is 82.3 cm³/mol. The minimum atomic E-state index is 0.0172. The number of rotatable bonds is 0. The smallest absolute Gasteiger partial charge is 0.230 e. The van der Waals surface area contributed by atoms with Crippen LogP contribution in [0.15, 0.2) is 0 Å². The Hall–Kier alpha value is -0.440. The number of hydrogen-bond acceptors (Lipinski definition) is 6. The highest BCUT2D eigenvalue weighted by molar-refractivity contribution is 8.00. The van der Waals surface area contributed by atoms with Crippen LogP contribution in [0.5, 0.6) is 0 Å². The van der Waals surface area contributed by atoms with Gasteiger partial charge in [-0.3, -0.25) is 9.59 Å². The first-order valence-electron chi connectivity index (χ1n) is 6.63. The van der Waals surface area contributed by atoms with Gasteiger partial charge in [-0.25, -0.2) is 0 Å². The molecule has 8 heteroatoms. The summed E-state index contributed by atoms with van der Waals surface area (Å²) in [6.45, 7) is 3.19. The van der Waals surface area contributed by atoms with Gasteiger partial charge in [0.05, 0.1) is 37.9 Å². The lowest BCUT2D eigenvalue weighted by Crippen LogP contribution is -2.31. The molecule has 0 radical (unpaired) electrons. The summed E-state index contributed by atoms with van der Waals surface area (Å²) in [7, 11) is 0. The number of ether oxygens (including phenoxy) is 2. The lowest BCUT2D eigenvalue weighted by Gasteiger charge is -2.09. The van der Waals surface area contributed by atoms with Gasteiger partial charge >= 0.3 is 0 Å². The van der Waals surface area contributed by atoms with E-state index in [1.54, 1.807) is 23.5 Å². The van der Waals surface area contributed by atoms with Crippen molar-refractivity contribution in [3.05, 3.63) is 0 Å². The maximum atomic E-state index is 11.4. The lowest BCUT2D eigenvalue weighted by atomic mass is 10.6. The van der Waals surface area contributed by atoms with Gasteiger partial charge in [-0.1, -0.05) is 0 Å². The van der Waals surface area contributed by atoms with Crippen LogP contribution < -0.4 is 10.6 Å². The van der Waals surface area contributed by atoms with Crippen molar-refractivity contribution in [2.75, 3.05) is 62.5 Å². The summed E-state index contributed by atoms with van der Waals surface area (Å²) in [5.41, 5.74) is 0. The Bertz CT molecular complexity index is 267. The molecule has 0 unspecified atom stereocenters. The van der Waals surface area contributed by atoms with Crippen molar-refractivity contribution in [3.8, 4) is 0 Å². The van der Waals surface area contributed by atoms with E-state index >= 15 is 0 Å². The largest absolute Gasteiger partial charge is 0.380 e. The Kier molecular flexibility index (Phi) is 10.8.